The van der Waals surface area contributed by atoms with Crippen molar-refractivity contribution in [2.75, 3.05) is 19.8 Å². The monoisotopic (exact) mass is 667 g/mol. The number of benzene rings is 2. The van der Waals surface area contributed by atoms with Gasteiger partial charge in [-0.2, -0.15) is 15.2 Å². The largest absolute Gasteiger partial charge is 0.475 e. The molecule has 4 aromatic rings. The number of fused-ring (bicyclic) bond motifs is 5. The number of aromatic nitrogens is 4. The van der Waals surface area contributed by atoms with Crippen LogP contribution in [0.5, 0.6) is 11.6 Å². The lowest BCUT2D eigenvalue weighted by molar-refractivity contribution is -0.145. The van der Waals surface area contributed by atoms with E-state index in [0.29, 0.717) is 42.1 Å². The summed E-state index contributed by atoms with van der Waals surface area (Å²) in [6.07, 6.45) is 2.63. The van der Waals surface area contributed by atoms with Crippen molar-refractivity contribution >= 4 is 30.1 Å². The van der Waals surface area contributed by atoms with Gasteiger partial charge in [0.15, 0.2) is 0 Å². The molecule has 8 atom stereocenters. The van der Waals surface area contributed by atoms with Gasteiger partial charge in [0.25, 0.3) is 5.88 Å². The lowest BCUT2D eigenvalue weighted by Crippen LogP contribution is -2.43. The van der Waals surface area contributed by atoms with E-state index in [9.17, 15) is 19.6 Å². The van der Waals surface area contributed by atoms with Crippen molar-refractivity contribution in [3.8, 4) is 11.6 Å². The van der Waals surface area contributed by atoms with Crippen molar-refractivity contribution in [1.29, 1.82) is 0 Å². The summed E-state index contributed by atoms with van der Waals surface area (Å²) < 4.78 is 45.1. The number of esters is 1. The zero-order chi connectivity index (χ0) is 32.8. The topological polar surface area (TPSA) is 176 Å². The second-order valence-electron chi connectivity index (χ2n) is 12.7. The molecule has 250 valence electrons. The van der Waals surface area contributed by atoms with Gasteiger partial charge < -0.3 is 28.9 Å². The average Bonchev–Trinajstić information content (AvgIpc) is 3.59. The second-order valence-corrected chi connectivity index (χ2v) is 14.3. The van der Waals surface area contributed by atoms with Gasteiger partial charge in [-0.1, -0.05) is 30.3 Å². The van der Waals surface area contributed by atoms with E-state index < -0.39 is 50.3 Å². The van der Waals surface area contributed by atoms with E-state index >= 15 is 0 Å². The van der Waals surface area contributed by atoms with Crippen molar-refractivity contribution in [2.45, 2.75) is 69.5 Å². The fourth-order valence-electron chi connectivity index (χ4n) is 6.39. The molecule has 15 heteroatoms. The Morgan fingerprint density at radius 2 is 1.89 bits per heavy atom. The van der Waals surface area contributed by atoms with Crippen LogP contribution in [0.25, 0.3) is 16.4 Å². The summed E-state index contributed by atoms with van der Waals surface area (Å²) in [7, 11) is -4.30. The predicted molar refractivity (Wildman–Crippen MR) is 168 cm³/mol. The minimum atomic E-state index is -4.30. The first kappa shape index (κ1) is 31.9. The number of hydrogen-bond acceptors (Lipinski definition) is 12. The highest BCUT2D eigenvalue weighted by Crippen LogP contribution is 2.48. The molecule has 2 aromatic heterocycles. The molecule has 3 aliphatic rings. The summed E-state index contributed by atoms with van der Waals surface area (Å²) in [5.74, 6) is 0.960. The van der Waals surface area contributed by atoms with E-state index in [4.69, 9.17) is 23.3 Å². The van der Waals surface area contributed by atoms with E-state index in [1.165, 1.54) is 30.9 Å². The second kappa shape index (κ2) is 12.8. The number of ether oxygens (including phenoxy) is 3. The first-order chi connectivity index (χ1) is 22.6. The number of aliphatic hydroxyl groups is 2. The fourth-order valence-corrected chi connectivity index (χ4v) is 7.89. The molecule has 3 N–H and O–H groups in total. The first-order valence-corrected chi connectivity index (χ1v) is 17.4. The maximum absolute atomic E-state index is 14.3. The number of nitrogens with zero attached hydrogens (tertiary/aromatic N) is 4. The first-order valence-electron chi connectivity index (χ1n) is 15.9. The highest BCUT2D eigenvalue weighted by atomic mass is 31.2. The van der Waals surface area contributed by atoms with Crippen LogP contribution in [0, 0.1) is 11.8 Å². The van der Waals surface area contributed by atoms with Gasteiger partial charge in [0.05, 0.1) is 31.7 Å². The van der Waals surface area contributed by atoms with E-state index in [2.05, 4.69) is 20.2 Å². The van der Waals surface area contributed by atoms with Crippen LogP contribution in [-0.4, -0.2) is 79.4 Å². The SMILES string of the molecule is C[C@H]1NP(=O)(Oc2ccc3ccccc3c2)OC[C@H]2O[C@@H](c3cnc4c(ncnn34)OCCC3CC3CCCOC1=O)[C@](C)(O)[C@@H]2O. The summed E-state index contributed by atoms with van der Waals surface area (Å²) in [4.78, 5) is 21.6. The number of carbonyl (C=O) groups is 1. The van der Waals surface area contributed by atoms with Crippen LogP contribution in [0.2, 0.25) is 0 Å². The third-order valence-corrected chi connectivity index (χ3v) is 10.8. The normalized spacial score (nSPS) is 33.7. The molecule has 2 aromatic carbocycles. The third-order valence-electron chi connectivity index (χ3n) is 9.18. The van der Waals surface area contributed by atoms with Crippen molar-refractivity contribution in [1.82, 2.24) is 24.7 Å². The van der Waals surface area contributed by atoms with E-state index in [-0.39, 0.29) is 12.4 Å². The van der Waals surface area contributed by atoms with Gasteiger partial charge in [-0.3, -0.25) is 9.32 Å². The van der Waals surface area contributed by atoms with Crippen LogP contribution in [0.4, 0.5) is 0 Å². The van der Waals surface area contributed by atoms with Gasteiger partial charge in [-0.05, 0) is 74.3 Å². The third kappa shape index (κ3) is 6.58. The Labute approximate surface area is 270 Å². The summed E-state index contributed by atoms with van der Waals surface area (Å²) in [5.41, 5.74) is -1.12. The molecule has 0 radical (unpaired) electrons. The van der Waals surface area contributed by atoms with Crippen molar-refractivity contribution in [2.24, 2.45) is 11.8 Å². The number of carbonyl (C=O) groups excluding carboxylic acids is 1. The molecule has 1 saturated carbocycles. The molecule has 1 saturated heterocycles. The van der Waals surface area contributed by atoms with Crippen LogP contribution in [0.15, 0.2) is 55.0 Å². The highest BCUT2D eigenvalue weighted by Gasteiger charge is 2.54. The quantitative estimate of drug-likeness (QED) is 0.208. The number of aliphatic hydroxyl groups excluding tert-OH is 1. The van der Waals surface area contributed by atoms with Gasteiger partial charge in [0, 0.05) is 0 Å². The zero-order valence-corrected chi connectivity index (χ0v) is 27.0. The van der Waals surface area contributed by atoms with Gasteiger partial charge >= 0.3 is 13.7 Å². The zero-order valence-electron chi connectivity index (χ0n) is 26.1. The Kier molecular flexibility index (Phi) is 8.66. The van der Waals surface area contributed by atoms with Crippen LogP contribution < -0.4 is 14.3 Å². The molecule has 4 heterocycles. The number of cyclic esters (lactones) is 1. The standard InChI is InChI=1S/C32H38N5O9P/c1-19-31(39)43-12-5-8-21-14-23(21)11-13-42-30-29-33-16-25(37(29)35-18-34-30)28-32(2,40)27(38)26(45-28)17-44-47(41,36-19)46-24-10-9-20-6-3-4-7-22(20)15-24/h3-4,6-7,9-10,15-16,18-19,21,23,26-28,38,40H,5,8,11-14,17H2,1-2H3,(H,36,41)/t19-,21?,23?,26-,27-,28+,32-,47?/m1/s1. The van der Waals surface area contributed by atoms with Gasteiger partial charge in [0.2, 0.25) is 5.65 Å². The van der Waals surface area contributed by atoms with E-state index in [1.807, 2.05) is 30.3 Å². The molecular weight excluding hydrogens is 629 g/mol. The smallest absolute Gasteiger partial charge is 0.459 e. The molecule has 1 aliphatic carbocycles. The number of rotatable bonds is 2. The Balaban J connectivity index is 1.17. The fraction of sp³-hybridized carbons (Fsp3) is 0.500. The Hall–Kier alpha value is -3.65. The van der Waals surface area contributed by atoms with Gasteiger partial charge in [0.1, 0.15) is 42.0 Å². The molecule has 0 spiro atoms. The molecule has 2 fully saturated rings. The van der Waals surface area contributed by atoms with Gasteiger partial charge in [-0.15, -0.1) is 0 Å². The molecule has 6 bridgehead atoms. The Bertz CT molecular complexity index is 1820. The number of nitrogens with one attached hydrogen (secondary N) is 1. The molecule has 47 heavy (non-hydrogen) atoms. The Morgan fingerprint density at radius 1 is 1.09 bits per heavy atom. The van der Waals surface area contributed by atoms with Crippen molar-refractivity contribution in [3.63, 3.8) is 0 Å². The summed E-state index contributed by atoms with van der Waals surface area (Å²) >= 11 is 0. The lowest BCUT2D eigenvalue weighted by Gasteiger charge is -2.26. The number of imidazole rings is 1. The van der Waals surface area contributed by atoms with E-state index in [0.717, 1.165) is 30.0 Å². The Morgan fingerprint density at radius 3 is 2.74 bits per heavy atom. The molecular formula is C32H38N5O9P. The molecule has 0 amide bonds. The predicted octanol–water partition coefficient (Wildman–Crippen LogP) is 3.75. The molecule has 14 nitrogen and oxygen atoms in total. The van der Waals surface area contributed by atoms with Crippen molar-refractivity contribution < 1.29 is 42.8 Å². The molecule has 2 aliphatic heterocycles. The molecule has 7 rings (SSSR count). The summed E-state index contributed by atoms with van der Waals surface area (Å²) in [6.45, 7) is 3.15. The molecule has 3 unspecified atom stereocenters. The number of hydrogen-bond donors (Lipinski definition) is 3. The summed E-state index contributed by atoms with van der Waals surface area (Å²) in [5, 5.41) is 31.5. The maximum Gasteiger partial charge on any atom is 0.459 e. The lowest BCUT2D eigenvalue weighted by atomic mass is 9.91. The van der Waals surface area contributed by atoms with Crippen molar-refractivity contribution in [3.05, 3.63) is 60.7 Å². The van der Waals surface area contributed by atoms with Crippen LogP contribution >= 0.6 is 7.75 Å². The summed E-state index contributed by atoms with van der Waals surface area (Å²) in [6, 6.07) is 11.7. The minimum Gasteiger partial charge on any atom is -0.475 e. The minimum absolute atomic E-state index is 0.223. The maximum atomic E-state index is 14.3. The van der Waals surface area contributed by atoms with Crippen LogP contribution in [0.1, 0.15) is 51.3 Å². The van der Waals surface area contributed by atoms with Crippen LogP contribution in [0.3, 0.4) is 0 Å². The highest BCUT2D eigenvalue weighted by molar-refractivity contribution is 7.52. The van der Waals surface area contributed by atoms with E-state index in [1.54, 1.807) is 12.1 Å². The van der Waals surface area contributed by atoms with Gasteiger partial charge in [-0.25, -0.2) is 14.1 Å². The van der Waals surface area contributed by atoms with Crippen LogP contribution in [-0.2, 0) is 23.4 Å². The average molecular weight is 668 g/mol.